The number of quaternary nitrogens is 1. The van der Waals surface area contributed by atoms with Crippen molar-refractivity contribution in [2.24, 2.45) is 0 Å². The van der Waals surface area contributed by atoms with Crippen LogP contribution in [0.3, 0.4) is 0 Å². The Bertz CT molecular complexity index is 1120. The SMILES string of the molecule is Clc1ccc2nc3c(c(-c4ccccc4)c2c1)C[NH+](Cc1ccccc1)CC3. The van der Waals surface area contributed by atoms with Crippen LogP contribution in [0.5, 0.6) is 0 Å². The summed E-state index contributed by atoms with van der Waals surface area (Å²) < 4.78 is 0. The molecule has 4 aromatic rings. The zero-order valence-corrected chi connectivity index (χ0v) is 16.4. The van der Waals surface area contributed by atoms with Gasteiger partial charge in [0, 0.05) is 33.5 Å². The Hall–Kier alpha value is -2.68. The molecule has 1 N–H and O–H groups in total. The zero-order valence-electron chi connectivity index (χ0n) is 15.7. The molecule has 0 amide bonds. The first kappa shape index (κ1) is 17.4. The van der Waals surface area contributed by atoms with Crippen molar-refractivity contribution in [2.45, 2.75) is 19.5 Å². The van der Waals surface area contributed by atoms with Crippen LogP contribution in [0.15, 0.2) is 78.9 Å². The Balaban J connectivity index is 1.63. The zero-order chi connectivity index (χ0) is 18.9. The largest absolute Gasteiger partial charge is 0.327 e. The summed E-state index contributed by atoms with van der Waals surface area (Å²) in [5.41, 5.74) is 7.58. The summed E-state index contributed by atoms with van der Waals surface area (Å²) >= 11 is 6.36. The number of benzene rings is 3. The van der Waals surface area contributed by atoms with Crippen LogP contribution in [0, 0.1) is 0 Å². The van der Waals surface area contributed by atoms with Crippen molar-refractivity contribution in [3.05, 3.63) is 101 Å². The number of fused-ring (bicyclic) bond motifs is 2. The highest BCUT2D eigenvalue weighted by atomic mass is 35.5. The van der Waals surface area contributed by atoms with Gasteiger partial charge in [-0.15, -0.1) is 0 Å². The van der Waals surface area contributed by atoms with Crippen molar-refractivity contribution in [3.63, 3.8) is 0 Å². The molecule has 3 aromatic carbocycles. The van der Waals surface area contributed by atoms with Gasteiger partial charge in [0.15, 0.2) is 0 Å². The molecule has 0 fully saturated rings. The summed E-state index contributed by atoms with van der Waals surface area (Å²) in [7, 11) is 0. The highest BCUT2D eigenvalue weighted by molar-refractivity contribution is 6.31. The quantitative estimate of drug-likeness (QED) is 0.541. The van der Waals surface area contributed by atoms with Crippen LogP contribution in [0.1, 0.15) is 16.8 Å². The predicted octanol–water partition coefficient (Wildman–Crippen LogP) is 4.70. The maximum absolute atomic E-state index is 6.36. The van der Waals surface area contributed by atoms with E-state index in [9.17, 15) is 0 Å². The van der Waals surface area contributed by atoms with Crippen LogP contribution in [0.25, 0.3) is 22.0 Å². The van der Waals surface area contributed by atoms with Gasteiger partial charge in [0.2, 0.25) is 0 Å². The Labute approximate surface area is 170 Å². The number of hydrogen-bond donors (Lipinski definition) is 1. The van der Waals surface area contributed by atoms with Gasteiger partial charge in [-0.2, -0.15) is 0 Å². The van der Waals surface area contributed by atoms with Crippen molar-refractivity contribution in [1.82, 2.24) is 4.98 Å². The molecule has 2 nitrogen and oxygen atoms in total. The van der Waals surface area contributed by atoms with Crippen molar-refractivity contribution >= 4 is 22.5 Å². The van der Waals surface area contributed by atoms with Crippen LogP contribution >= 0.6 is 11.6 Å². The standard InChI is InChI=1S/C25H21ClN2/c26-20-11-12-23-21(15-20)25(19-9-5-2-6-10-19)22-17-28(14-13-24(22)27-23)16-18-7-3-1-4-8-18/h1-12,15H,13-14,16-17H2/p+1. The maximum Gasteiger partial charge on any atom is 0.105 e. The number of nitrogens with one attached hydrogen (secondary N) is 1. The number of rotatable bonds is 3. The van der Waals surface area contributed by atoms with Crippen LogP contribution < -0.4 is 4.90 Å². The first-order chi connectivity index (χ1) is 13.8. The normalized spacial score (nSPS) is 16.1. The fraction of sp³-hybridized carbons (Fsp3) is 0.160. The highest BCUT2D eigenvalue weighted by Crippen LogP contribution is 2.35. The van der Waals surface area contributed by atoms with E-state index in [1.807, 2.05) is 12.1 Å². The molecule has 138 valence electrons. The predicted molar refractivity (Wildman–Crippen MR) is 116 cm³/mol. The van der Waals surface area contributed by atoms with Gasteiger partial charge in [0.1, 0.15) is 13.1 Å². The third-order valence-electron chi connectivity index (χ3n) is 5.64. The minimum atomic E-state index is 0.760. The molecule has 0 spiro atoms. The Morgan fingerprint density at radius 3 is 2.43 bits per heavy atom. The van der Waals surface area contributed by atoms with E-state index >= 15 is 0 Å². The van der Waals surface area contributed by atoms with Crippen molar-refractivity contribution < 1.29 is 4.90 Å². The van der Waals surface area contributed by atoms with E-state index in [1.165, 1.54) is 27.9 Å². The molecule has 5 rings (SSSR count). The van der Waals surface area contributed by atoms with E-state index in [0.29, 0.717) is 0 Å². The molecule has 1 aliphatic rings. The van der Waals surface area contributed by atoms with Crippen LogP contribution in [-0.4, -0.2) is 11.5 Å². The second-order valence-electron chi connectivity index (χ2n) is 7.53. The molecule has 0 bridgehead atoms. The maximum atomic E-state index is 6.36. The smallest absolute Gasteiger partial charge is 0.105 e. The number of pyridine rings is 1. The Morgan fingerprint density at radius 1 is 0.893 bits per heavy atom. The van der Waals surface area contributed by atoms with Gasteiger partial charge in [-0.3, -0.25) is 4.98 Å². The van der Waals surface area contributed by atoms with E-state index in [-0.39, 0.29) is 0 Å². The van der Waals surface area contributed by atoms with Crippen LogP contribution in [0.4, 0.5) is 0 Å². The minimum Gasteiger partial charge on any atom is -0.327 e. The monoisotopic (exact) mass is 385 g/mol. The highest BCUT2D eigenvalue weighted by Gasteiger charge is 2.26. The first-order valence-corrected chi connectivity index (χ1v) is 10.2. The molecule has 1 atom stereocenters. The summed E-state index contributed by atoms with van der Waals surface area (Å²) in [5, 5.41) is 1.91. The summed E-state index contributed by atoms with van der Waals surface area (Å²) in [6, 6.07) is 27.5. The average Bonchev–Trinajstić information content (AvgIpc) is 2.73. The third-order valence-corrected chi connectivity index (χ3v) is 5.87. The molecule has 0 saturated carbocycles. The lowest BCUT2D eigenvalue weighted by Gasteiger charge is -2.28. The van der Waals surface area contributed by atoms with Gasteiger partial charge in [0.25, 0.3) is 0 Å². The Morgan fingerprint density at radius 2 is 1.64 bits per heavy atom. The van der Waals surface area contributed by atoms with Crippen LogP contribution in [0.2, 0.25) is 5.02 Å². The molecule has 0 radical (unpaired) electrons. The van der Waals surface area contributed by atoms with Crippen molar-refractivity contribution in [1.29, 1.82) is 0 Å². The lowest BCUT2D eigenvalue weighted by Crippen LogP contribution is -3.10. The van der Waals surface area contributed by atoms with E-state index in [0.717, 1.165) is 42.0 Å². The van der Waals surface area contributed by atoms with E-state index in [2.05, 4.69) is 66.7 Å². The van der Waals surface area contributed by atoms with E-state index < -0.39 is 0 Å². The van der Waals surface area contributed by atoms with Gasteiger partial charge < -0.3 is 4.90 Å². The molecule has 3 heteroatoms. The summed E-state index contributed by atoms with van der Waals surface area (Å²) in [5.74, 6) is 0. The molecule has 1 aliphatic heterocycles. The van der Waals surface area contributed by atoms with Crippen LogP contribution in [-0.2, 0) is 19.5 Å². The molecular formula is C25H22ClN2+. The second-order valence-corrected chi connectivity index (χ2v) is 7.97. The molecule has 1 unspecified atom stereocenters. The number of nitrogens with zero attached hydrogens (tertiary/aromatic N) is 1. The van der Waals surface area contributed by atoms with Crippen molar-refractivity contribution in [3.8, 4) is 11.1 Å². The number of halogens is 1. The number of hydrogen-bond acceptors (Lipinski definition) is 1. The Kier molecular flexibility index (Phi) is 4.59. The minimum absolute atomic E-state index is 0.760. The fourth-order valence-electron chi connectivity index (χ4n) is 4.33. The summed E-state index contributed by atoms with van der Waals surface area (Å²) in [4.78, 5) is 6.59. The summed E-state index contributed by atoms with van der Waals surface area (Å²) in [6.45, 7) is 3.15. The average molecular weight is 386 g/mol. The van der Waals surface area contributed by atoms with E-state index in [4.69, 9.17) is 16.6 Å². The van der Waals surface area contributed by atoms with Gasteiger partial charge in [-0.25, -0.2) is 0 Å². The lowest BCUT2D eigenvalue weighted by atomic mass is 9.91. The molecular weight excluding hydrogens is 364 g/mol. The van der Waals surface area contributed by atoms with Crippen molar-refractivity contribution in [2.75, 3.05) is 6.54 Å². The molecule has 0 aliphatic carbocycles. The van der Waals surface area contributed by atoms with Gasteiger partial charge >= 0.3 is 0 Å². The second kappa shape index (κ2) is 7.38. The topological polar surface area (TPSA) is 17.3 Å². The fourth-order valence-corrected chi connectivity index (χ4v) is 4.50. The molecule has 2 heterocycles. The lowest BCUT2D eigenvalue weighted by molar-refractivity contribution is -0.929. The van der Waals surface area contributed by atoms with E-state index in [1.54, 1.807) is 4.90 Å². The molecule has 0 saturated heterocycles. The first-order valence-electron chi connectivity index (χ1n) is 9.82. The van der Waals surface area contributed by atoms with Gasteiger partial charge in [0.05, 0.1) is 17.8 Å². The molecule has 1 aromatic heterocycles. The van der Waals surface area contributed by atoms with Gasteiger partial charge in [-0.05, 0) is 23.8 Å². The number of aromatic nitrogens is 1. The third kappa shape index (κ3) is 3.30. The summed E-state index contributed by atoms with van der Waals surface area (Å²) in [6.07, 6.45) is 1.01. The molecule has 28 heavy (non-hydrogen) atoms. The van der Waals surface area contributed by atoms with Gasteiger partial charge in [-0.1, -0.05) is 72.3 Å².